The Morgan fingerprint density at radius 3 is 2.94 bits per heavy atom. The van der Waals surface area contributed by atoms with Gasteiger partial charge >= 0.3 is 0 Å². The molecule has 2 heterocycles. The van der Waals surface area contributed by atoms with Crippen molar-refractivity contribution in [1.82, 2.24) is 20.0 Å². The molecule has 0 aromatic carbocycles. The Bertz CT molecular complexity index is 515. The van der Waals surface area contributed by atoms with Crippen LogP contribution in [0.25, 0.3) is 0 Å². The minimum absolute atomic E-state index is 0.164. The molecule has 0 radical (unpaired) electrons. The lowest BCUT2D eigenvalue weighted by molar-refractivity contribution is 0.477. The molecule has 0 bridgehead atoms. The monoisotopic (exact) mass is 272 g/mol. The summed E-state index contributed by atoms with van der Waals surface area (Å²) in [6, 6.07) is 1.51. The highest BCUT2D eigenvalue weighted by Crippen LogP contribution is 2.28. The summed E-state index contributed by atoms with van der Waals surface area (Å²) in [5.74, 6) is 0.951. The van der Waals surface area contributed by atoms with E-state index in [0.29, 0.717) is 11.5 Å². The second-order valence-electron chi connectivity index (χ2n) is 3.36. The maximum absolute atomic E-state index is 5.83. The fourth-order valence-electron chi connectivity index (χ4n) is 1.28. The van der Waals surface area contributed by atoms with Gasteiger partial charge in [-0.2, -0.15) is 5.10 Å². The molecule has 0 aliphatic heterocycles. The van der Waals surface area contributed by atoms with E-state index in [2.05, 4.69) is 22.2 Å². The molecule has 7 heteroatoms. The number of aryl methyl sites for hydroxylation is 1. The maximum Gasteiger partial charge on any atom is 0.194 e. The van der Waals surface area contributed by atoms with Crippen molar-refractivity contribution in [2.75, 3.05) is 0 Å². The van der Waals surface area contributed by atoms with Gasteiger partial charge in [0.25, 0.3) is 0 Å². The van der Waals surface area contributed by atoms with Gasteiger partial charge < -0.3 is 4.74 Å². The van der Waals surface area contributed by atoms with Crippen LogP contribution in [0.1, 0.15) is 13.3 Å². The number of hydrogen-bond acceptors (Lipinski definition) is 4. The average molecular weight is 273 g/mol. The number of halogens is 2. The second-order valence-corrected chi connectivity index (χ2v) is 4.11. The maximum atomic E-state index is 5.83. The van der Waals surface area contributed by atoms with E-state index < -0.39 is 0 Å². The smallest absolute Gasteiger partial charge is 0.194 e. The van der Waals surface area contributed by atoms with Crippen molar-refractivity contribution in [3.8, 4) is 11.5 Å². The van der Waals surface area contributed by atoms with Crippen LogP contribution in [-0.4, -0.2) is 20.0 Å². The van der Waals surface area contributed by atoms with Crippen molar-refractivity contribution < 1.29 is 4.74 Å². The van der Waals surface area contributed by atoms with Gasteiger partial charge in [0.1, 0.15) is 0 Å². The molecule has 0 aliphatic rings. The van der Waals surface area contributed by atoms with E-state index in [1.807, 2.05) is 0 Å². The first kappa shape index (κ1) is 12.1. The number of rotatable bonds is 4. The number of aromatic nitrogens is 4. The van der Waals surface area contributed by atoms with Gasteiger partial charge in [0.15, 0.2) is 21.8 Å². The summed E-state index contributed by atoms with van der Waals surface area (Å²) >= 11 is 11.5. The Labute approximate surface area is 108 Å². The zero-order chi connectivity index (χ0) is 12.3. The zero-order valence-electron chi connectivity index (χ0n) is 9.10. The first-order chi connectivity index (χ1) is 8.19. The van der Waals surface area contributed by atoms with Crippen LogP contribution in [0.15, 0.2) is 18.5 Å². The van der Waals surface area contributed by atoms with Gasteiger partial charge in [-0.05, 0) is 6.42 Å². The largest absolute Gasteiger partial charge is 0.451 e. The fourth-order valence-corrected chi connectivity index (χ4v) is 1.55. The molecule has 0 unspecified atom stereocenters. The van der Waals surface area contributed by atoms with E-state index in [1.54, 1.807) is 17.1 Å². The Morgan fingerprint density at radius 1 is 1.35 bits per heavy atom. The Hall–Kier alpha value is -1.33. The fraction of sp³-hybridized carbons (Fsp3) is 0.300. The Kier molecular flexibility index (Phi) is 3.81. The van der Waals surface area contributed by atoms with Crippen LogP contribution in [0, 0.1) is 0 Å². The van der Waals surface area contributed by atoms with Crippen molar-refractivity contribution in [3.63, 3.8) is 0 Å². The lowest BCUT2D eigenvalue weighted by atomic mass is 10.5. The van der Waals surface area contributed by atoms with E-state index >= 15 is 0 Å². The van der Waals surface area contributed by atoms with Crippen LogP contribution in [0.4, 0.5) is 0 Å². The van der Waals surface area contributed by atoms with Crippen molar-refractivity contribution in [2.24, 2.45) is 0 Å². The quantitative estimate of drug-likeness (QED) is 0.858. The molecule has 0 spiro atoms. The highest BCUT2D eigenvalue weighted by molar-refractivity contribution is 6.32. The molecule has 0 atom stereocenters. The number of ether oxygens (including phenoxy) is 1. The van der Waals surface area contributed by atoms with Crippen LogP contribution in [0.5, 0.6) is 11.5 Å². The van der Waals surface area contributed by atoms with Gasteiger partial charge in [-0.3, -0.25) is 4.68 Å². The van der Waals surface area contributed by atoms with E-state index in [0.717, 1.165) is 13.0 Å². The highest BCUT2D eigenvalue weighted by Gasteiger charge is 2.08. The highest BCUT2D eigenvalue weighted by atomic mass is 35.5. The Balaban J connectivity index is 2.16. The molecule has 17 heavy (non-hydrogen) atoms. The Morgan fingerprint density at radius 2 is 2.18 bits per heavy atom. The molecule has 2 aromatic heterocycles. The first-order valence-corrected chi connectivity index (χ1v) is 5.83. The van der Waals surface area contributed by atoms with Gasteiger partial charge in [0.2, 0.25) is 0 Å². The van der Waals surface area contributed by atoms with E-state index in [-0.39, 0.29) is 10.3 Å². The normalized spacial score (nSPS) is 10.5. The molecule has 5 nitrogen and oxygen atoms in total. The van der Waals surface area contributed by atoms with Gasteiger partial charge in [-0.15, -0.1) is 10.2 Å². The predicted molar refractivity (Wildman–Crippen MR) is 64.6 cm³/mol. The topological polar surface area (TPSA) is 52.8 Å². The van der Waals surface area contributed by atoms with E-state index in [9.17, 15) is 0 Å². The van der Waals surface area contributed by atoms with Gasteiger partial charge in [0.05, 0.1) is 12.4 Å². The third-order valence-electron chi connectivity index (χ3n) is 1.98. The molecular formula is C10H10Cl2N4O. The average Bonchev–Trinajstić information content (AvgIpc) is 2.72. The van der Waals surface area contributed by atoms with Crippen molar-refractivity contribution in [1.29, 1.82) is 0 Å². The summed E-state index contributed by atoms with van der Waals surface area (Å²) in [5.41, 5.74) is 0. The summed E-state index contributed by atoms with van der Waals surface area (Å²) in [7, 11) is 0. The van der Waals surface area contributed by atoms with Crippen LogP contribution in [0.2, 0.25) is 10.3 Å². The molecule has 2 rings (SSSR count). The lowest BCUT2D eigenvalue weighted by Gasteiger charge is -2.03. The molecule has 0 aliphatic carbocycles. The molecule has 0 saturated heterocycles. The third-order valence-corrected chi connectivity index (χ3v) is 2.42. The predicted octanol–water partition coefficient (Wildman–Crippen LogP) is 3.18. The SMILES string of the molecule is CCCn1cc(Oc2cc(Cl)nnc2Cl)cn1. The molecular weight excluding hydrogens is 263 g/mol. The third kappa shape index (κ3) is 3.08. The summed E-state index contributed by atoms with van der Waals surface area (Å²) < 4.78 is 7.31. The van der Waals surface area contributed by atoms with Gasteiger partial charge in [-0.1, -0.05) is 30.1 Å². The van der Waals surface area contributed by atoms with E-state index in [1.165, 1.54) is 6.07 Å². The summed E-state index contributed by atoms with van der Waals surface area (Å²) in [4.78, 5) is 0. The van der Waals surface area contributed by atoms with Crippen molar-refractivity contribution in [2.45, 2.75) is 19.9 Å². The standard InChI is InChI=1S/C10H10Cl2N4O/c1-2-3-16-6-7(5-13-16)17-8-4-9(11)14-15-10(8)12/h4-6H,2-3H2,1H3. The van der Waals surface area contributed by atoms with Crippen LogP contribution in [-0.2, 0) is 6.54 Å². The molecule has 0 amide bonds. The summed E-state index contributed by atoms with van der Waals surface area (Å²) in [5, 5.41) is 11.8. The molecule has 0 N–H and O–H groups in total. The molecule has 90 valence electrons. The minimum Gasteiger partial charge on any atom is -0.451 e. The number of nitrogens with zero attached hydrogens (tertiary/aromatic N) is 4. The summed E-state index contributed by atoms with van der Waals surface area (Å²) in [6.45, 7) is 2.91. The zero-order valence-corrected chi connectivity index (χ0v) is 10.6. The van der Waals surface area contributed by atoms with Crippen molar-refractivity contribution >= 4 is 23.2 Å². The van der Waals surface area contributed by atoms with Gasteiger partial charge in [0, 0.05) is 12.6 Å². The molecule has 0 saturated carbocycles. The van der Waals surface area contributed by atoms with Gasteiger partial charge in [-0.25, -0.2) is 0 Å². The number of hydrogen-bond donors (Lipinski definition) is 0. The van der Waals surface area contributed by atoms with Crippen LogP contribution in [0.3, 0.4) is 0 Å². The summed E-state index contributed by atoms with van der Waals surface area (Å²) in [6.07, 6.45) is 4.40. The molecule has 0 fully saturated rings. The van der Waals surface area contributed by atoms with E-state index in [4.69, 9.17) is 27.9 Å². The van der Waals surface area contributed by atoms with Crippen molar-refractivity contribution in [3.05, 3.63) is 28.8 Å². The second kappa shape index (κ2) is 5.33. The lowest BCUT2D eigenvalue weighted by Crippen LogP contribution is -1.95. The van der Waals surface area contributed by atoms with Crippen LogP contribution >= 0.6 is 23.2 Å². The van der Waals surface area contributed by atoms with Crippen LogP contribution < -0.4 is 4.74 Å². The minimum atomic E-state index is 0.164. The molecule has 2 aromatic rings. The first-order valence-electron chi connectivity index (χ1n) is 5.08.